The van der Waals surface area contributed by atoms with Crippen LogP contribution < -0.4 is 5.32 Å². The highest BCUT2D eigenvalue weighted by molar-refractivity contribution is 5.26. The zero-order chi connectivity index (χ0) is 13.1. The van der Waals surface area contributed by atoms with E-state index in [1.165, 1.54) is 42.9 Å². The van der Waals surface area contributed by atoms with Crippen molar-refractivity contribution < 1.29 is 0 Å². The van der Waals surface area contributed by atoms with Gasteiger partial charge in [-0.15, -0.1) is 0 Å². The number of nitrogens with one attached hydrogen (secondary N) is 1. The Morgan fingerprint density at radius 3 is 2.61 bits per heavy atom. The van der Waals surface area contributed by atoms with Crippen LogP contribution >= 0.6 is 0 Å². The zero-order valence-electron chi connectivity index (χ0n) is 12.3. The van der Waals surface area contributed by atoms with Gasteiger partial charge in [0.05, 0.1) is 0 Å². The Morgan fingerprint density at radius 2 is 2.11 bits per heavy atom. The molecule has 1 saturated carbocycles. The minimum atomic E-state index is 0.887. The highest BCUT2D eigenvalue weighted by Gasteiger charge is 2.26. The molecular weight excluding hydrogens is 222 g/mol. The Labute approximate surface area is 111 Å². The smallest absolute Gasteiger partial charge is 0.0223 e. The largest absolute Gasteiger partial charge is 0.352 e. The van der Waals surface area contributed by atoms with Crippen molar-refractivity contribution in [3.8, 4) is 0 Å². The molecule has 2 rings (SSSR count). The summed E-state index contributed by atoms with van der Waals surface area (Å²) in [7, 11) is 2.14. The summed E-state index contributed by atoms with van der Waals surface area (Å²) in [6.07, 6.45) is 2.82. The van der Waals surface area contributed by atoms with Gasteiger partial charge in [0.15, 0.2) is 0 Å². The van der Waals surface area contributed by atoms with E-state index in [1.807, 2.05) is 0 Å². The molecule has 3 nitrogen and oxygen atoms in total. The molecule has 102 valence electrons. The summed E-state index contributed by atoms with van der Waals surface area (Å²) < 4.78 is 2.26. The number of aryl methyl sites for hydroxylation is 1. The van der Waals surface area contributed by atoms with E-state index in [2.05, 4.69) is 48.7 Å². The number of hydrogen-bond acceptors (Lipinski definition) is 2. The molecule has 18 heavy (non-hydrogen) atoms. The van der Waals surface area contributed by atoms with Crippen LogP contribution in [-0.2, 0) is 13.6 Å². The Balaban J connectivity index is 1.73. The van der Waals surface area contributed by atoms with E-state index < -0.39 is 0 Å². The van der Waals surface area contributed by atoms with Crippen molar-refractivity contribution in [1.29, 1.82) is 0 Å². The minimum absolute atomic E-state index is 0.887. The minimum Gasteiger partial charge on any atom is -0.352 e. The maximum absolute atomic E-state index is 3.58. The van der Waals surface area contributed by atoms with Gasteiger partial charge in [0.2, 0.25) is 0 Å². The summed E-state index contributed by atoms with van der Waals surface area (Å²) >= 11 is 0. The quantitative estimate of drug-likeness (QED) is 0.748. The number of nitrogens with zero attached hydrogens (tertiary/aromatic N) is 2. The lowest BCUT2D eigenvalue weighted by molar-refractivity contribution is 0.277. The molecule has 0 aromatic carbocycles. The molecule has 0 atom stereocenters. The Kier molecular flexibility index (Phi) is 4.46. The van der Waals surface area contributed by atoms with Gasteiger partial charge in [0, 0.05) is 44.1 Å². The average Bonchev–Trinajstić information content (AvgIpc) is 3.16. The maximum atomic E-state index is 3.58. The summed E-state index contributed by atoms with van der Waals surface area (Å²) in [5.74, 6) is 0. The predicted octanol–water partition coefficient (Wildman–Crippen LogP) is 2.22. The lowest BCUT2D eigenvalue weighted by atomic mass is 10.2. The fourth-order valence-electron chi connectivity index (χ4n) is 2.60. The van der Waals surface area contributed by atoms with Crippen molar-refractivity contribution in [3.63, 3.8) is 0 Å². The van der Waals surface area contributed by atoms with Crippen LogP contribution in [0.4, 0.5) is 0 Å². The van der Waals surface area contributed by atoms with Gasteiger partial charge in [0.25, 0.3) is 0 Å². The predicted molar refractivity (Wildman–Crippen MR) is 76.9 cm³/mol. The third-order valence-corrected chi connectivity index (χ3v) is 4.24. The highest BCUT2D eigenvalue weighted by atomic mass is 15.2. The molecular formula is C15H27N3. The second kappa shape index (κ2) is 5.89. The summed E-state index contributed by atoms with van der Waals surface area (Å²) in [6.45, 7) is 11.1. The standard InChI is InChI=1S/C15H27N3/c1-5-18(15-6-7-15)9-8-16-11-14-10-12(2)17(4)13(14)3/h10,15-16H,5-9,11H2,1-4H3. The monoisotopic (exact) mass is 249 g/mol. The van der Waals surface area contributed by atoms with Gasteiger partial charge in [-0.25, -0.2) is 0 Å². The summed E-state index contributed by atoms with van der Waals surface area (Å²) in [5.41, 5.74) is 4.16. The van der Waals surface area contributed by atoms with E-state index in [0.717, 1.165) is 19.1 Å². The van der Waals surface area contributed by atoms with Crippen molar-refractivity contribution in [3.05, 3.63) is 23.0 Å². The Bertz CT molecular complexity index is 391. The van der Waals surface area contributed by atoms with Crippen LogP contribution in [0.2, 0.25) is 0 Å². The van der Waals surface area contributed by atoms with E-state index in [-0.39, 0.29) is 0 Å². The Hall–Kier alpha value is -0.800. The first-order valence-electron chi connectivity index (χ1n) is 7.20. The normalized spacial score (nSPS) is 15.6. The van der Waals surface area contributed by atoms with Gasteiger partial charge in [-0.3, -0.25) is 4.90 Å². The van der Waals surface area contributed by atoms with Crippen LogP contribution in [-0.4, -0.2) is 35.1 Å². The van der Waals surface area contributed by atoms with Gasteiger partial charge in [-0.2, -0.15) is 0 Å². The Morgan fingerprint density at radius 1 is 1.39 bits per heavy atom. The van der Waals surface area contributed by atoms with Gasteiger partial charge < -0.3 is 9.88 Å². The van der Waals surface area contributed by atoms with Crippen LogP contribution in [0.3, 0.4) is 0 Å². The SMILES string of the molecule is CCN(CCNCc1cc(C)n(C)c1C)C1CC1. The summed E-state index contributed by atoms with van der Waals surface area (Å²) in [6, 6.07) is 3.18. The van der Waals surface area contributed by atoms with Gasteiger partial charge in [0.1, 0.15) is 0 Å². The van der Waals surface area contributed by atoms with Crippen molar-refractivity contribution in [2.45, 2.75) is 46.2 Å². The van der Waals surface area contributed by atoms with Crippen LogP contribution in [0.15, 0.2) is 6.07 Å². The molecule has 0 amide bonds. The first kappa shape index (κ1) is 13.6. The molecule has 1 aliphatic carbocycles. The molecule has 0 spiro atoms. The number of likely N-dealkylation sites (N-methyl/N-ethyl adjacent to an activating group) is 1. The molecule has 0 unspecified atom stereocenters. The van der Waals surface area contributed by atoms with Crippen LogP contribution in [0, 0.1) is 13.8 Å². The molecule has 3 heteroatoms. The van der Waals surface area contributed by atoms with E-state index >= 15 is 0 Å². The first-order chi connectivity index (χ1) is 8.63. The second-order valence-corrected chi connectivity index (χ2v) is 5.49. The third-order valence-electron chi connectivity index (χ3n) is 4.24. The van der Waals surface area contributed by atoms with Crippen molar-refractivity contribution in [1.82, 2.24) is 14.8 Å². The summed E-state index contributed by atoms with van der Waals surface area (Å²) in [5, 5.41) is 3.58. The van der Waals surface area contributed by atoms with Crippen LogP contribution in [0.25, 0.3) is 0 Å². The fourth-order valence-corrected chi connectivity index (χ4v) is 2.60. The summed E-state index contributed by atoms with van der Waals surface area (Å²) in [4.78, 5) is 2.59. The lowest BCUT2D eigenvalue weighted by Gasteiger charge is -2.19. The fraction of sp³-hybridized carbons (Fsp3) is 0.733. The number of aromatic nitrogens is 1. The zero-order valence-corrected chi connectivity index (χ0v) is 12.3. The molecule has 0 saturated heterocycles. The van der Waals surface area contributed by atoms with Crippen LogP contribution in [0.5, 0.6) is 0 Å². The molecule has 1 aliphatic rings. The lowest BCUT2D eigenvalue weighted by Crippen LogP contribution is -2.33. The molecule has 1 heterocycles. The first-order valence-corrected chi connectivity index (χ1v) is 7.20. The number of hydrogen-bond donors (Lipinski definition) is 1. The number of rotatable bonds is 7. The molecule has 1 fully saturated rings. The second-order valence-electron chi connectivity index (χ2n) is 5.49. The van der Waals surface area contributed by atoms with Gasteiger partial charge in [-0.1, -0.05) is 6.92 Å². The topological polar surface area (TPSA) is 20.2 Å². The van der Waals surface area contributed by atoms with Crippen molar-refractivity contribution >= 4 is 0 Å². The van der Waals surface area contributed by atoms with E-state index in [4.69, 9.17) is 0 Å². The maximum Gasteiger partial charge on any atom is 0.0223 e. The van der Waals surface area contributed by atoms with E-state index in [9.17, 15) is 0 Å². The van der Waals surface area contributed by atoms with Crippen LogP contribution in [0.1, 0.15) is 36.7 Å². The molecule has 0 aliphatic heterocycles. The third kappa shape index (κ3) is 3.15. The van der Waals surface area contributed by atoms with Gasteiger partial charge >= 0.3 is 0 Å². The molecule has 1 aromatic heterocycles. The van der Waals surface area contributed by atoms with Crippen molar-refractivity contribution in [2.24, 2.45) is 7.05 Å². The highest BCUT2D eigenvalue weighted by Crippen LogP contribution is 2.25. The average molecular weight is 249 g/mol. The molecule has 1 N–H and O–H groups in total. The van der Waals surface area contributed by atoms with E-state index in [0.29, 0.717) is 0 Å². The van der Waals surface area contributed by atoms with E-state index in [1.54, 1.807) is 0 Å². The van der Waals surface area contributed by atoms with Gasteiger partial charge in [-0.05, 0) is 44.9 Å². The van der Waals surface area contributed by atoms with Crippen molar-refractivity contribution in [2.75, 3.05) is 19.6 Å². The molecule has 0 radical (unpaired) electrons. The molecule has 0 bridgehead atoms. The molecule has 1 aromatic rings.